The summed E-state index contributed by atoms with van der Waals surface area (Å²) in [7, 11) is 1.64. The molecule has 0 saturated carbocycles. The number of nitrogens with two attached hydrogens (primary N) is 2. The van der Waals surface area contributed by atoms with Crippen LogP contribution in [0.15, 0.2) is 39.2 Å². The number of allylic oxidation sites excluding steroid dienone is 2. The number of rotatable bonds is 5. The van der Waals surface area contributed by atoms with Crippen LogP contribution in [0.4, 0.5) is 13.2 Å². The molecule has 0 bridgehead atoms. The van der Waals surface area contributed by atoms with Crippen LogP contribution < -0.4 is 11.5 Å². The van der Waals surface area contributed by atoms with E-state index in [-0.39, 0.29) is 11.5 Å². The molecule has 9 heteroatoms. The van der Waals surface area contributed by atoms with Crippen molar-refractivity contribution in [2.75, 3.05) is 7.05 Å². The highest BCUT2D eigenvalue weighted by Gasteiger charge is 2.31. The first-order valence-corrected chi connectivity index (χ1v) is 7.32. The van der Waals surface area contributed by atoms with Crippen LogP contribution in [-0.2, 0) is 6.54 Å². The van der Waals surface area contributed by atoms with Gasteiger partial charge in [-0.05, 0) is 25.8 Å². The maximum Gasteiger partial charge on any atom is 0.430 e. The number of halogens is 3. The van der Waals surface area contributed by atoms with Crippen molar-refractivity contribution in [2.45, 2.75) is 24.5 Å². The summed E-state index contributed by atoms with van der Waals surface area (Å²) in [6.07, 6.45) is -3.97. The van der Waals surface area contributed by atoms with E-state index in [2.05, 4.69) is 24.3 Å². The monoisotopic (exact) mass is 350 g/mol. The summed E-state index contributed by atoms with van der Waals surface area (Å²) in [4.78, 5) is 7.92. The highest BCUT2D eigenvalue weighted by molar-refractivity contribution is 7.80. The molecule has 0 aliphatic heterocycles. The van der Waals surface area contributed by atoms with E-state index in [0.717, 1.165) is 14.6 Å². The first-order chi connectivity index (χ1) is 10.1. The number of hydrogen-bond donors (Lipinski definition) is 3. The zero-order valence-corrected chi connectivity index (χ0v) is 13.8. The van der Waals surface area contributed by atoms with E-state index < -0.39 is 11.9 Å². The minimum Gasteiger partial charge on any atom is -0.395 e. The van der Waals surface area contributed by atoms with Crippen LogP contribution >= 0.6 is 24.0 Å². The summed E-state index contributed by atoms with van der Waals surface area (Å²) in [5.74, 6) is 0.0426. The van der Waals surface area contributed by atoms with Crippen molar-refractivity contribution in [1.29, 1.82) is 0 Å². The average Bonchev–Trinajstić information content (AvgIpc) is 2.71. The van der Waals surface area contributed by atoms with Crippen LogP contribution in [0.2, 0.25) is 0 Å². The predicted molar refractivity (Wildman–Crippen MR) is 86.9 cm³/mol. The van der Waals surface area contributed by atoms with Crippen molar-refractivity contribution in [3.05, 3.63) is 39.1 Å². The van der Waals surface area contributed by atoms with Crippen LogP contribution in [-0.4, -0.2) is 24.8 Å². The van der Waals surface area contributed by atoms with Gasteiger partial charge in [0.15, 0.2) is 0 Å². The van der Waals surface area contributed by atoms with Gasteiger partial charge in [0.2, 0.25) is 0 Å². The van der Waals surface area contributed by atoms with Crippen molar-refractivity contribution in [1.82, 2.24) is 4.90 Å². The van der Waals surface area contributed by atoms with Gasteiger partial charge in [-0.3, -0.25) is 4.99 Å². The molecule has 0 amide bonds. The van der Waals surface area contributed by atoms with E-state index >= 15 is 0 Å². The second-order valence-electron chi connectivity index (χ2n) is 4.55. The molecule has 122 valence electrons. The van der Waals surface area contributed by atoms with Crippen LogP contribution in [0, 0.1) is 6.92 Å². The van der Waals surface area contributed by atoms with E-state index in [1.807, 2.05) is 13.0 Å². The summed E-state index contributed by atoms with van der Waals surface area (Å²) in [5, 5.41) is 0. The molecule has 1 heterocycles. The van der Waals surface area contributed by atoms with Crippen LogP contribution in [0.5, 0.6) is 0 Å². The van der Waals surface area contributed by atoms with Crippen molar-refractivity contribution in [3.63, 3.8) is 0 Å². The number of nitrogens with zero attached hydrogens (tertiary/aromatic N) is 2. The molecule has 4 N–H and O–H groups in total. The first kappa shape index (κ1) is 18.4. The molecule has 0 atom stereocenters. The number of hydrogen-bond acceptors (Lipinski definition) is 6. The lowest BCUT2D eigenvalue weighted by molar-refractivity contribution is -0.0927. The summed E-state index contributed by atoms with van der Waals surface area (Å²) < 4.78 is 37.4. The van der Waals surface area contributed by atoms with E-state index in [4.69, 9.17) is 11.5 Å². The first-order valence-electron chi connectivity index (χ1n) is 6.06. The molecule has 0 aliphatic rings. The number of aryl methyl sites for hydroxylation is 1. The Morgan fingerprint density at radius 3 is 2.50 bits per heavy atom. The van der Waals surface area contributed by atoms with E-state index in [1.54, 1.807) is 11.9 Å². The molecule has 1 aromatic heterocycles. The Hall–Kier alpha value is -1.61. The topological polar surface area (TPSA) is 67.6 Å². The fraction of sp³-hybridized carbons (Fsp3) is 0.308. The molecule has 0 fully saturated rings. The molecule has 22 heavy (non-hydrogen) atoms. The quantitative estimate of drug-likeness (QED) is 0.434. The molecular weight excluding hydrogens is 333 g/mol. The fourth-order valence-electron chi connectivity index (χ4n) is 1.59. The van der Waals surface area contributed by atoms with Gasteiger partial charge in [0.1, 0.15) is 17.2 Å². The molecule has 0 aromatic carbocycles. The van der Waals surface area contributed by atoms with Crippen LogP contribution in [0.1, 0.15) is 9.75 Å². The van der Waals surface area contributed by atoms with E-state index in [1.165, 1.54) is 11.3 Å². The van der Waals surface area contributed by atoms with Crippen LogP contribution in [0.25, 0.3) is 0 Å². The standard InChI is InChI=1S/C13H17F3N4S2/c1-7-4-9(21)10(22-7)6-20(3)12(18)8(19-2)5-11(17)13(14,15)16/h4-5,21H,2,6,17-18H2,1,3H3/b11-5-,12-8-. The van der Waals surface area contributed by atoms with Crippen molar-refractivity contribution >= 4 is 30.7 Å². The Bertz CT molecular complexity index is 617. The molecule has 0 saturated heterocycles. The molecule has 1 aromatic rings. The summed E-state index contributed by atoms with van der Waals surface area (Å²) in [6.45, 7) is 5.57. The van der Waals surface area contributed by atoms with E-state index in [0.29, 0.717) is 12.6 Å². The molecule has 0 spiro atoms. The average molecular weight is 350 g/mol. The van der Waals surface area contributed by atoms with Gasteiger partial charge in [-0.2, -0.15) is 13.2 Å². The number of alkyl halides is 3. The highest BCUT2D eigenvalue weighted by Crippen LogP contribution is 2.27. The fourth-order valence-corrected chi connectivity index (χ4v) is 3.06. The minimum atomic E-state index is -4.64. The lowest BCUT2D eigenvalue weighted by atomic mass is 10.3. The van der Waals surface area contributed by atoms with Gasteiger partial charge < -0.3 is 16.4 Å². The normalized spacial score (nSPS) is 13.8. The Labute approximate surface area is 136 Å². The second kappa shape index (κ2) is 7.10. The van der Waals surface area contributed by atoms with Gasteiger partial charge >= 0.3 is 6.18 Å². The molecular formula is C13H17F3N4S2. The minimum absolute atomic E-state index is 0.0426. The molecule has 0 radical (unpaired) electrons. The van der Waals surface area contributed by atoms with Gasteiger partial charge in [0, 0.05) is 21.7 Å². The largest absolute Gasteiger partial charge is 0.430 e. The van der Waals surface area contributed by atoms with Gasteiger partial charge in [-0.1, -0.05) is 0 Å². The predicted octanol–water partition coefficient (Wildman–Crippen LogP) is 3.01. The zero-order chi connectivity index (χ0) is 17.1. The number of thiol groups is 1. The Morgan fingerprint density at radius 2 is 2.09 bits per heavy atom. The van der Waals surface area contributed by atoms with Gasteiger partial charge in [-0.25, -0.2) is 0 Å². The Morgan fingerprint density at radius 1 is 1.50 bits per heavy atom. The third-order valence-electron chi connectivity index (χ3n) is 2.75. The maximum atomic E-state index is 12.5. The lowest BCUT2D eigenvalue weighted by Gasteiger charge is -2.20. The molecule has 0 unspecified atom stereocenters. The van der Waals surface area contributed by atoms with Gasteiger partial charge in [-0.15, -0.1) is 24.0 Å². The molecule has 1 rings (SSSR count). The summed E-state index contributed by atoms with van der Waals surface area (Å²) >= 11 is 5.88. The third-order valence-corrected chi connectivity index (χ3v) is 4.34. The van der Waals surface area contributed by atoms with Crippen molar-refractivity contribution in [3.8, 4) is 0 Å². The SMILES string of the molecule is C=NC(/C=C(\N)C(F)(F)F)=C(/N)N(C)Cc1sc(C)cc1S. The van der Waals surface area contributed by atoms with Crippen molar-refractivity contribution < 1.29 is 13.2 Å². The van der Waals surface area contributed by atoms with Gasteiger partial charge in [0.25, 0.3) is 0 Å². The molecule has 4 nitrogen and oxygen atoms in total. The smallest absolute Gasteiger partial charge is 0.395 e. The zero-order valence-electron chi connectivity index (χ0n) is 12.1. The third kappa shape index (κ3) is 4.70. The van der Waals surface area contributed by atoms with Gasteiger partial charge in [0.05, 0.1) is 6.54 Å². The number of aliphatic imine (C=N–C) groups is 1. The maximum absolute atomic E-state index is 12.5. The van der Waals surface area contributed by atoms with Crippen molar-refractivity contribution in [2.24, 2.45) is 16.5 Å². The summed E-state index contributed by atoms with van der Waals surface area (Å²) in [6, 6.07) is 1.91. The molecule has 0 aliphatic carbocycles. The summed E-state index contributed by atoms with van der Waals surface area (Å²) in [5.41, 5.74) is 9.41. The lowest BCUT2D eigenvalue weighted by Crippen LogP contribution is -2.25. The Balaban J connectivity index is 3.05. The van der Waals surface area contributed by atoms with Crippen LogP contribution in [0.3, 0.4) is 0 Å². The van der Waals surface area contributed by atoms with E-state index in [9.17, 15) is 13.2 Å². The highest BCUT2D eigenvalue weighted by atomic mass is 32.1. The second-order valence-corrected chi connectivity index (χ2v) is 6.37. The Kier molecular flexibility index (Phi) is 5.95. The number of thiophene rings is 1.